The van der Waals surface area contributed by atoms with Gasteiger partial charge in [0.1, 0.15) is 0 Å². The van der Waals surface area contributed by atoms with Crippen LogP contribution in [0.4, 0.5) is 0 Å². The highest BCUT2D eigenvalue weighted by atomic mass is 35.5. The Morgan fingerprint density at radius 1 is 0.909 bits per heavy atom. The van der Waals surface area contributed by atoms with Gasteiger partial charge in [-0.2, -0.15) is 0 Å². The molecule has 2 heterocycles. The van der Waals surface area contributed by atoms with E-state index in [4.69, 9.17) is 16.3 Å². The van der Waals surface area contributed by atoms with Crippen LogP contribution in [0.2, 0.25) is 5.02 Å². The van der Waals surface area contributed by atoms with E-state index in [0.29, 0.717) is 43.6 Å². The quantitative estimate of drug-likeness (QED) is 0.351. The highest BCUT2D eigenvalue weighted by molar-refractivity contribution is 6.33. The van der Waals surface area contributed by atoms with Crippen molar-refractivity contribution >= 4 is 39.4 Å². The molecule has 0 saturated heterocycles. The van der Waals surface area contributed by atoms with Crippen LogP contribution in [0.5, 0.6) is 0 Å². The van der Waals surface area contributed by atoms with Crippen molar-refractivity contribution in [3.8, 4) is 11.3 Å². The Balaban J connectivity index is 1.54. The second kappa shape index (κ2) is 8.48. The lowest BCUT2D eigenvalue weighted by Crippen LogP contribution is -2.17. The van der Waals surface area contributed by atoms with Gasteiger partial charge in [0, 0.05) is 16.0 Å². The predicted octanol–water partition coefficient (Wildman–Crippen LogP) is 5.71. The van der Waals surface area contributed by atoms with E-state index in [1.165, 1.54) is 0 Å². The van der Waals surface area contributed by atoms with Crippen molar-refractivity contribution in [2.75, 3.05) is 0 Å². The molecule has 0 aliphatic heterocycles. The highest BCUT2D eigenvalue weighted by Crippen LogP contribution is 2.30. The summed E-state index contributed by atoms with van der Waals surface area (Å²) in [5.74, 6) is -0.276. The van der Waals surface area contributed by atoms with E-state index >= 15 is 0 Å². The number of nitrogens with zero attached hydrogens (tertiary/aromatic N) is 2. The molecule has 1 atom stereocenters. The summed E-state index contributed by atoms with van der Waals surface area (Å²) in [7, 11) is 0. The largest absolute Gasteiger partial charge is 0.451 e. The normalized spacial score (nSPS) is 12.1. The number of rotatable bonds is 4. The Kier molecular flexibility index (Phi) is 5.36. The zero-order chi connectivity index (χ0) is 22.9. The van der Waals surface area contributed by atoms with E-state index in [1.54, 1.807) is 43.3 Å². The first kappa shape index (κ1) is 20.8. The number of carbonyl (C=O) groups excluding carboxylic acids is 1. The Labute approximate surface area is 193 Å². The number of para-hydroxylation sites is 2. The van der Waals surface area contributed by atoms with Crippen molar-refractivity contribution in [3.05, 3.63) is 106 Å². The molecule has 0 aliphatic rings. The van der Waals surface area contributed by atoms with Crippen LogP contribution >= 0.6 is 11.6 Å². The van der Waals surface area contributed by atoms with Gasteiger partial charge in [-0.05, 0) is 37.3 Å². The Morgan fingerprint density at radius 3 is 2.30 bits per heavy atom. The lowest BCUT2D eigenvalue weighted by Gasteiger charge is -2.15. The average molecular weight is 456 g/mol. The molecule has 0 unspecified atom stereocenters. The predicted molar refractivity (Wildman–Crippen MR) is 128 cm³/mol. The summed E-state index contributed by atoms with van der Waals surface area (Å²) < 4.78 is 5.72. The fourth-order valence-corrected chi connectivity index (χ4v) is 3.96. The standard InChI is InChI=1S/C26H18ClN3O3/c1-15(24-29-22-13-7-4-10-18(22)25(31)30-24)33-26(32)19-14-23(17-9-2-5-11-20(17)27)28-21-12-6-3-8-16(19)21/h2-15H,1H3,(H,29,30,31)/t15-/m1/s1. The number of aromatic amines is 1. The zero-order valence-electron chi connectivity index (χ0n) is 17.6. The summed E-state index contributed by atoms with van der Waals surface area (Å²) in [5, 5.41) is 1.67. The van der Waals surface area contributed by atoms with E-state index < -0.39 is 12.1 Å². The molecule has 0 aliphatic carbocycles. The topological polar surface area (TPSA) is 84.9 Å². The van der Waals surface area contributed by atoms with Crippen molar-refractivity contribution in [2.24, 2.45) is 0 Å². The van der Waals surface area contributed by atoms with Crippen molar-refractivity contribution in [3.63, 3.8) is 0 Å². The van der Waals surface area contributed by atoms with E-state index in [9.17, 15) is 9.59 Å². The molecular formula is C26H18ClN3O3. The lowest BCUT2D eigenvalue weighted by molar-refractivity contribution is 0.0322. The zero-order valence-corrected chi connectivity index (χ0v) is 18.3. The van der Waals surface area contributed by atoms with Crippen molar-refractivity contribution in [1.29, 1.82) is 0 Å². The van der Waals surface area contributed by atoms with Gasteiger partial charge < -0.3 is 9.72 Å². The van der Waals surface area contributed by atoms with Crippen LogP contribution in [-0.2, 0) is 4.74 Å². The van der Waals surface area contributed by atoms with Gasteiger partial charge in [-0.1, -0.05) is 60.1 Å². The summed E-state index contributed by atoms with van der Waals surface area (Å²) in [6, 6.07) is 23.3. The van der Waals surface area contributed by atoms with Crippen LogP contribution < -0.4 is 5.56 Å². The Hall–Kier alpha value is -4.03. The molecule has 5 rings (SSSR count). The maximum Gasteiger partial charge on any atom is 0.339 e. The van der Waals surface area contributed by atoms with E-state index in [1.807, 2.05) is 42.5 Å². The third-order valence-electron chi connectivity index (χ3n) is 5.39. The van der Waals surface area contributed by atoms with Crippen molar-refractivity contribution in [2.45, 2.75) is 13.0 Å². The number of carbonyl (C=O) groups is 1. The van der Waals surface area contributed by atoms with Gasteiger partial charge >= 0.3 is 5.97 Å². The summed E-state index contributed by atoms with van der Waals surface area (Å²) in [6.45, 7) is 1.67. The molecule has 3 aromatic carbocycles. The third-order valence-corrected chi connectivity index (χ3v) is 5.72. The number of halogens is 1. The van der Waals surface area contributed by atoms with Gasteiger partial charge in [0.15, 0.2) is 11.9 Å². The fraction of sp³-hybridized carbons (Fsp3) is 0.0769. The van der Waals surface area contributed by atoms with Gasteiger partial charge in [-0.3, -0.25) is 4.79 Å². The first-order valence-corrected chi connectivity index (χ1v) is 10.7. The minimum absolute atomic E-state index is 0.275. The molecule has 0 saturated carbocycles. The maximum atomic E-state index is 13.3. The third kappa shape index (κ3) is 3.97. The molecular weight excluding hydrogens is 438 g/mol. The number of benzene rings is 3. The number of ether oxygens (including phenoxy) is 1. The van der Waals surface area contributed by atoms with Gasteiger partial charge in [-0.15, -0.1) is 0 Å². The highest BCUT2D eigenvalue weighted by Gasteiger charge is 2.20. The molecule has 0 amide bonds. The Bertz CT molecular complexity index is 1580. The number of hydrogen-bond donors (Lipinski definition) is 1. The van der Waals surface area contributed by atoms with Crippen LogP contribution in [0.3, 0.4) is 0 Å². The maximum absolute atomic E-state index is 13.3. The number of nitrogens with one attached hydrogen (secondary N) is 1. The minimum atomic E-state index is -0.773. The molecule has 0 radical (unpaired) electrons. The Morgan fingerprint density at radius 2 is 1.55 bits per heavy atom. The van der Waals surface area contributed by atoms with E-state index in [2.05, 4.69) is 15.0 Å². The molecule has 0 fully saturated rings. The SMILES string of the molecule is C[C@@H](OC(=O)c1cc(-c2ccccc2Cl)nc2ccccc12)c1nc2ccccc2c(=O)[nH]1. The number of pyridine rings is 1. The number of hydrogen-bond acceptors (Lipinski definition) is 5. The fourth-order valence-electron chi connectivity index (χ4n) is 3.73. The van der Waals surface area contributed by atoms with E-state index in [-0.39, 0.29) is 11.4 Å². The molecule has 7 heteroatoms. The molecule has 162 valence electrons. The van der Waals surface area contributed by atoms with E-state index in [0.717, 1.165) is 0 Å². The van der Waals surface area contributed by atoms with Crippen LogP contribution in [0, 0.1) is 0 Å². The minimum Gasteiger partial charge on any atom is -0.451 e. The monoisotopic (exact) mass is 455 g/mol. The second-order valence-corrected chi connectivity index (χ2v) is 7.98. The number of fused-ring (bicyclic) bond motifs is 2. The number of aromatic nitrogens is 3. The summed E-state index contributed by atoms with van der Waals surface area (Å²) in [4.78, 5) is 37.5. The van der Waals surface area contributed by atoms with Crippen LogP contribution in [-0.4, -0.2) is 20.9 Å². The van der Waals surface area contributed by atoms with Gasteiger partial charge in [0.2, 0.25) is 0 Å². The summed E-state index contributed by atoms with van der Waals surface area (Å²) in [5.41, 5.74) is 2.53. The molecule has 33 heavy (non-hydrogen) atoms. The molecule has 2 aromatic heterocycles. The average Bonchev–Trinajstić information content (AvgIpc) is 2.83. The van der Waals surface area contributed by atoms with Gasteiger partial charge in [0.25, 0.3) is 5.56 Å². The summed E-state index contributed by atoms with van der Waals surface area (Å²) in [6.07, 6.45) is -0.773. The van der Waals surface area contributed by atoms with Crippen molar-refractivity contribution in [1.82, 2.24) is 15.0 Å². The lowest BCUT2D eigenvalue weighted by atomic mass is 10.0. The van der Waals surface area contributed by atoms with Crippen LogP contribution in [0.25, 0.3) is 33.1 Å². The molecule has 5 aromatic rings. The first-order valence-electron chi connectivity index (χ1n) is 10.4. The molecule has 0 spiro atoms. The molecule has 0 bridgehead atoms. The van der Waals surface area contributed by atoms with Crippen LogP contribution in [0.15, 0.2) is 83.7 Å². The number of H-pyrrole nitrogens is 1. The second-order valence-electron chi connectivity index (χ2n) is 7.57. The van der Waals surface area contributed by atoms with Gasteiger partial charge in [0.05, 0.1) is 27.7 Å². The smallest absolute Gasteiger partial charge is 0.339 e. The number of esters is 1. The molecule has 1 N–H and O–H groups in total. The van der Waals surface area contributed by atoms with Gasteiger partial charge in [-0.25, -0.2) is 14.8 Å². The summed E-state index contributed by atoms with van der Waals surface area (Å²) >= 11 is 6.37. The van der Waals surface area contributed by atoms with Crippen molar-refractivity contribution < 1.29 is 9.53 Å². The molecule has 6 nitrogen and oxygen atoms in total. The first-order chi connectivity index (χ1) is 16.0. The van der Waals surface area contributed by atoms with Crippen LogP contribution in [0.1, 0.15) is 29.2 Å².